The molecule has 0 unspecified atom stereocenters. The quantitative estimate of drug-likeness (QED) is 0.711. The Labute approximate surface area is 94.1 Å². The number of rotatable bonds is 1. The summed E-state index contributed by atoms with van der Waals surface area (Å²) < 4.78 is 0. The maximum atomic E-state index is 11.5. The van der Waals surface area contributed by atoms with Crippen molar-refractivity contribution >= 4 is 29.8 Å². The van der Waals surface area contributed by atoms with Gasteiger partial charge in [-0.05, 0) is 12.1 Å². The largest absolute Gasteiger partial charge is 0.384 e. The molecule has 0 aliphatic carbocycles. The van der Waals surface area contributed by atoms with E-state index in [9.17, 15) is 4.79 Å². The fraction of sp³-hybridized carbons (Fsp3) is 0.333. The molecule has 1 amide bonds. The van der Waals surface area contributed by atoms with Gasteiger partial charge in [0.15, 0.2) is 0 Å². The minimum Gasteiger partial charge on any atom is -0.384 e. The third-order valence-electron chi connectivity index (χ3n) is 2.17. The maximum absolute atomic E-state index is 11.5. The van der Waals surface area contributed by atoms with Gasteiger partial charge in [-0.15, -0.1) is 12.4 Å². The molecule has 0 radical (unpaired) electrons. The highest BCUT2D eigenvalue weighted by Crippen LogP contribution is 2.14. The van der Waals surface area contributed by atoms with Crippen LogP contribution in [0.2, 0.25) is 0 Å². The van der Waals surface area contributed by atoms with E-state index in [0.717, 1.165) is 12.2 Å². The number of carbonyl (C=O) groups excluding carboxylic acids is 1. The number of nitrogens with zero attached hydrogens (tertiary/aromatic N) is 2. The first kappa shape index (κ1) is 11.7. The van der Waals surface area contributed by atoms with Crippen molar-refractivity contribution in [2.24, 2.45) is 0 Å². The van der Waals surface area contributed by atoms with Crippen molar-refractivity contribution in [3.05, 3.63) is 18.3 Å². The number of piperazine rings is 1. The molecule has 1 fully saturated rings. The molecule has 6 heteroatoms. The van der Waals surface area contributed by atoms with Crippen molar-refractivity contribution in [2.45, 2.75) is 0 Å². The standard InChI is InChI=1S/C9H12N4O.ClH/c10-8-2-1-7(5-12-8)13-4-3-11-6-9(13)14;/h1-2,5,11H,3-4,6H2,(H2,10,12);1H. The molecule has 1 aromatic heterocycles. The minimum atomic E-state index is 0. The Balaban J connectivity index is 0.00000112. The second-order valence-electron chi connectivity index (χ2n) is 3.16. The number of nitrogens with one attached hydrogen (secondary N) is 1. The highest BCUT2D eigenvalue weighted by atomic mass is 35.5. The van der Waals surface area contributed by atoms with E-state index in [-0.39, 0.29) is 18.3 Å². The number of amides is 1. The van der Waals surface area contributed by atoms with Gasteiger partial charge in [0.25, 0.3) is 0 Å². The molecule has 0 bridgehead atoms. The van der Waals surface area contributed by atoms with Gasteiger partial charge < -0.3 is 16.0 Å². The van der Waals surface area contributed by atoms with Crippen molar-refractivity contribution in [3.63, 3.8) is 0 Å². The van der Waals surface area contributed by atoms with E-state index in [2.05, 4.69) is 10.3 Å². The molecule has 0 spiro atoms. The van der Waals surface area contributed by atoms with E-state index in [1.165, 1.54) is 0 Å². The highest BCUT2D eigenvalue weighted by molar-refractivity contribution is 5.95. The average Bonchev–Trinajstić information content (AvgIpc) is 2.20. The lowest BCUT2D eigenvalue weighted by Crippen LogP contribution is -2.48. The van der Waals surface area contributed by atoms with Crippen LogP contribution in [-0.2, 0) is 4.79 Å². The predicted molar refractivity (Wildman–Crippen MR) is 61.1 cm³/mol. The molecular weight excluding hydrogens is 216 g/mol. The van der Waals surface area contributed by atoms with Crippen molar-refractivity contribution in [1.82, 2.24) is 10.3 Å². The van der Waals surface area contributed by atoms with E-state index in [4.69, 9.17) is 5.73 Å². The van der Waals surface area contributed by atoms with E-state index in [1.807, 2.05) is 6.07 Å². The van der Waals surface area contributed by atoms with Crippen LogP contribution in [-0.4, -0.2) is 30.5 Å². The van der Waals surface area contributed by atoms with Crippen LogP contribution in [0.15, 0.2) is 18.3 Å². The van der Waals surface area contributed by atoms with Crippen LogP contribution in [0.1, 0.15) is 0 Å². The normalized spacial score (nSPS) is 16.0. The summed E-state index contributed by atoms with van der Waals surface area (Å²) in [4.78, 5) is 17.1. The SMILES string of the molecule is Cl.Nc1ccc(N2CCNCC2=O)cn1. The average molecular weight is 229 g/mol. The molecular formula is C9H13ClN4O. The van der Waals surface area contributed by atoms with Crippen molar-refractivity contribution in [3.8, 4) is 0 Å². The maximum Gasteiger partial charge on any atom is 0.241 e. The van der Waals surface area contributed by atoms with Gasteiger partial charge in [-0.2, -0.15) is 0 Å². The first-order valence-corrected chi connectivity index (χ1v) is 4.50. The molecule has 0 atom stereocenters. The third kappa shape index (κ3) is 2.57. The number of hydrogen-bond donors (Lipinski definition) is 2. The van der Waals surface area contributed by atoms with Gasteiger partial charge in [0.05, 0.1) is 18.4 Å². The number of nitrogen functional groups attached to an aromatic ring is 1. The third-order valence-corrected chi connectivity index (χ3v) is 2.17. The number of nitrogens with two attached hydrogens (primary N) is 1. The van der Waals surface area contributed by atoms with Gasteiger partial charge in [-0.25, -0.2) is 4.98 Å². The molecule has 1 aromatic rings. The van der Waals surface area contributed by atoms with Gasteiger partial charge in [-0.1, -0.05) is 0 Å². The summed E-state index contributed by atoms with van der Waals surface area (Å²) in [5.41, 5.74) is 6.27. The smallest absolute Gasteiger partial charge is 0.241 e. The zero-order valence-electron chi connectivity index (χ0n) is 8.14. The van der Waals surface area contributed by atoms with Gasteiger partial charge in [-0.3, -0.25) is 4.79 Å². The molecule has 1 aliphatic rings. The molecule has 15 heavy (non-hydrogen) atoms. The zero-order valence-corrected chi connectivity index (χ0v) is 8.96. The summed E-state index contributed by atoms with van der Waals surface area (Å²) in [6, 6.07) is 3.51. The number of halogens is 1. The Morgan fingerprint density at radius 2 is 2.27 bits per heavy atom. The number of carbonyl (C=O) groups is 1. The Kier molecular flexibility index (Phi) is 3.88. The summed E-state index contributed by atoms with van der Waals surface area (Å²) in [6.07, 6.45) is 1.62. The number of pyridine rings is 1. The molecule has 1 saturated heterocycles. The van der Waals surface area contributed by atoms with Crippen LogP contribution in [0.3, 0.4) is 0 Å². The zero-order chi connectivity index (χ0) is 9.97. The number of anilines is 2. The molecule has 2 heterocycles. The predicted octanol–water partition coefficient (Wildman–Crippen LogP) is 0.0218. The van der Waals surface area contributed by atoms with Gasteiger partial charge in [0.2, 0.25) is 5.91 Å². The second-order valence-corrected chi connectivity index (χ2v) is 3.16. The van der Waals surface area contributed by atoms with E-state index in [0.29, 0.717) is 18.9 Å². The lowest BCUT2D eigenvalue weighted by molar-refractivity contribution is -0.118. The summed E-state index contributed by atoms with van der Waals surface area (Å²) in [7, 11) is 0. The highest BCUT2D eigenvalue weighted by Gasteiger charge is 2.18. The van der Waals surface area contributed by atoms with Crippen LogP contribution < -0.4 is 16.0 Å². The van der Waals surface area contributed by atoms with Crippen LogP contribution >= 0.6 is 12.4 Å². The minimum absolute atomic E-state index is 0. The Bertz CT molecular complexity index is 340. The Hall–Kier alpha value is -1.33. The van der Waals surface area contributed by atoms with E-state index >= 15 is 0 Å². The van der Waals surface area contributed by atoms with Gasteiger partial charge in [0, 0.05) is 13.1 Å². The van der Waals surface area contributed by atoms with Gasteiger partial charge in [0.1, 0.15) is 5.82 Å². The molecule has 5 nitrogen and oxygen atoms in total. The molecule has 1 aliphatic heterocycles. The topological polar surface area (TPSA) is 71.2 Å². The fourth-order valence-corrected chi connectivity index (χ4v) is 1.44. The Morgan fingerprint density at radius 1 is 1.47 bits per heavy atom. The molecule has 2 rings (SSSR count). The van der Waals surface area contributed by atoms with Gasteiger partial charge >= 0.3 is 0 Å². The number of hydrogen-bond acceptors (Lipinski definition) is 4. The van der Waals surface area contributed by atoms with Crippen LogP contribution in [0.25, 0.3) is 0 Å². The van der Waals surface area contributed by atoms with E-state index < -0.39 is 0 Å². The lowest BCUT2D eigenvalue weighted by Gasteiger charge is -2.27. The van der Waals surface area contributed by atoms with E-state index in [1.54, 1.807) is 17.2 Å². The first-order chi connectivity index (χ1) is 6.77. The van der Waals surface area contributed by atoms with Crippen molar-refractivity contribution < 1.29 is 4.79 Å². The van der Waals surface area contributed by atoms with Crippen molar-refractivity contribution in [1.29, 1.82) is 0 Å². The molecule has 3 N–H and O–H groups in total. The fourth-order valence-electron chi connectivity index (χ4n) is 1.44. The van der Waals surface area contributed by atoms with Crippen LogP contribution in [0, 0.1) is 0 Å². The number of aromatic nitrogens is 1. The monoisotopic (exact) mass is 228 g/mol. The van der Waals surface area contributed by atoms with Crippen molar-refractivity contribution in [2.75, 3.05) is 30.3 Å². The lowest BCUT2D eigenvalue weighted by atomic mass is 10.3. The Morgan fingerprint density at radius 3 is 2.87 bits per heavy atom. The first-order valence-electron chi connectivity index (χ1n) is 4.50. The van der Waals surface area contributed by atoms with Crippen LogP contribution in [0.5, 0.6) is 0 Å². The summed E-state index contributed by atoms with van der Waals surface area (Å²) in [6.45, 7) is 1.89. The molecule has 0 aromatic carbocycles. The summed E-state index contributed by atoms with van der Waals surface area (Å²) in [5.74, 6) is 0.541. The summed E-state index contributed by atoms with van der Waals surface area (Å²) >= 11 is 0. The summed E-state index contributed by atoms with van der Waals surface area (Å²) in [5, 5.41) is 3.01. The van der Waals surface area contributed by atoms with Crippen LogP contribution in [0.4, 0.5) is 11.5 Å². The second kappa shape index (κ2) is 4.95. The molecule has 82 valence electrons. The molecule has 0 saturated carbocycles.